The van der Waals surface area contributed by atoms with Crippen molar-refractivity contribution in [2.75, 3.05) is 20.8 Å². The van der Waals surface area contributed by atoms with Crippen LogP contribution in [0.3, 0.4) is 0 Å². The molecule has 8 nitrogen and oxygen atoms in total. The number of nitrogens with two attached hydrogens (primary N) is 1. The molecule has 1 fully saturated rings. The number of nitro groups is 1. The van der Waals surface area contributed by atoms with Gasteiger partial charge in [-0.25, -0.2) is 0 Å². The van der Waals surface area contributed by atoms with Crippen LogP contribution >= 0.6 is 12.4 Å². The summed E-state index contributed by atoms with van der Waals surface area (Å²) in [5, 5.41) is 13.8. The molecule has 3 N–H and O–H groups in total. The van der Waals surface area contributed by atoms with Crippen molar-refractivity contribution in [2.24, 2.45) is 11.7 Å². The van der Waals surface area contributed by atoms with Gasteiger partial charge < -0.3 is 20.5 Å². The number of halogens is 1. The molecule has 1 unspecified atom stereocenters. The number of nitrogens with one attached hydrogen (secondary N) is 1. The Morgan fingerprint density at radius 1 is 1.43 bits per heavy atom. The molecule has 0 saturated heterocycles. The van der Waals surface area contributed by atoms with E-state index in [4.69, 9.17) is 15.2 Å². The number of amides is 1. The number of ether oxygens (including phenoxy) is 2. The van der Waals surface area contributed by atoms with Crippen molar-refractivity contribution in [3.05, 3.63) is 27.8 Å². The van der Waals surface area contributed by atoms with E-state index in [-0.39, 0.29) is 41.2 Å². The fourth-order valence-electron chi connectivity index (χ4n) is 2.21. The Hall–Kier alpha value is -2.06. The van der Waals surface area contributed by atoms with Crippen molar-refractivity contribution < 1.29 is 19.2 Å². The Balaban J connectivity index is 0.00000264. The molecule has 0 aromatic heterocycles. The lowest BCUT2D eigenvalue weighted by atomic mass is 10.1. The van der Waals surface area contributed by atoms with Gasteiger partial charge in [-0.3, -0.25) is 14.9 Å². The van der Waals surface area contributed by atoms with Crippen LogP contribution in [0.1, 0.15) is 23.2 Å². The van der Waals surface area contributed by atoms with Crippen LogP contribution in [0.25, 0.3) is 0 Å². The lowest BCUT2D eigenvalue weighted by Crippen LogP contribution is -2.38. The summed E-state index contributed by atoms with van der Waals surface area (Å²) in [5.41, 5.74) is 5.73. The molecule has 23 heavy (non-hydrogen) atoms. The molecule has 0 bridgehead atoms. The second-order valence-electron chi connectivity index (χ2n) is 5.20. The summed E-state index contributed by atoms with van der Waals surface area (Å²) < 4.78 is 10.0. The van der Waals surface area contributed by atoms with Crippen molar-refractivity contribution in [1.29, 1.82) is 0 Å². The van der Waals surface area contributed by atoms with Gasteiger partial charge in [0.15, 0.2) is 5.75 Å². The van der Waals surface area contributed by atoms with Gasteiger partial charge in [0.2, 0.25) is 5.75 Å². The maximum absolute atomic E-state index is 12.1. The normalized spacial score (nSPS) is 14.4. The lowest BCUT2D eigenvalue weighted by molar-refractivity contribution is -0.385. The summed E-state index contributed by atoms with van der Waals surface area (Å²) >= 11 is 0. The number of methoxy groups -OCH3 is 2. The molecule has 0 heterocycles. The second kappa shape index (κ2) is 7.98. The minimum Gasteiger partial charge on any atom is -0.493 e. The molecule has 1 aromatic carbocycles. The zero-order valence-electron chi connectivity index (χ0n) is 12.9. The van der Waals surface area contributed by atoms with Gasteiger partial charge >= 0.3 is 5.69 Å². The maximum Gasteiger partial charge on any atom is 0.315 e. The van der Waals surface area contributed by atoms with Gasteiger partial charge in [0.25, 0.3) is 5.91 Å². The molecule has 1 atom stereocenters. The van der Waals surface area contributed by atoms with E-state index in [1.165, 1.54) is 26.4 Å². The van der Waals surface area contributed by atoms with Crippen LogP contribution in [0.15, 0.2) is 12.1 Å². The molecule has 2 rings (SSSR count). The zero-order valence-corrected chi connectivity index (χ0v) is 13.7. The van der Waals surface area contributed by atoms with Crippen LogP contribution in [0.5, 0.6) is 11.5 Å². The Bertz CT molecular complexity index is 592. The number of nitrogens with zero attached hydrogens (tertiary/aromatic N) is 1. The molecule has 1 saturated carbocycles. The number of hydrogen-bond acceptors (Lipinski definition) is 6. The van der Waals surface area contributed by atoms with Gasteiger partial charge in [0.1, 0.15) is 0 Å². The first-order valence-electron chi connectivity index (χ1n) is 6.92. The number of carbonyl (C=O) groups excluding carboxylic acids is 1. The Kier molecular flexibility index (Phi) is 6.59. The van der Waals surface area contributed by atoms with Crippen LogP contribution in [0.4, 0.5) is 5.69 Å². The third-order valence-corrected chi connectivity index (χ3v) is 3.64. The highest BCUT2D eigenvalue weighted by atomic mass is 35.5. The average Bonchev–Trinajstić information content (AvgIpc) is 3.35. The highest BCUT2D eigenvalue weighted by Crippen LogP contribution is 2.38. The van der Waals surface area contributed by atoms with Gasteiger partial charge in [-0.2, -0.15) is 0 Å². The standard InChI is InChI=1S/C14H19N3O5.ClH/c1-21-12-6-9(5-11(17(19)20)13(12)22-2)14(18)16-7-10(15)8-3-4-8;/h5-6,8,10H,3-4,7,15H2,1-2H3,(H,16,18);1H. The first-order valence-corrected chi connectivity index (χ1v) is 6.92. The lowest BCUT2D eigenvalue weighted by Gasteiger charge is -2.13. The first-order chi connectivity index (χ1) is 10.5. The molecular formula is C14H20ClN3O5. The Morgan fingerprint density at radius 2 is 2.09 bits per heavy atom. The monoisotopic (exact) mass is 345 g/mol. The highest BCUT2D eigenvalue weighted by molar-refractivity contribution is 5.96. The summed E-state index contributed by atoms with van der Waals surface area (Å²) in [4.78, 5) is 22.6. The number of nitro benzene ring substituents is 1. The third kappa shape index (κ3) is 4.46. The zero-order chi connectivity index (χ0) is 16.3. The molecule has 1 aliphatic carbocycles. The van der Waals surface area contributed by atoms with E-state index in [9.17, 15) is 14.9 Å². The minimum absolute atomic E-state index is 0. The summed E-state index contributed by atoms with van der Waals surface area (Å²) in [6, 6.07) is 2.49. The largest absolute Gasteiger partial charge is 0.493 e. The molecular weight excluding hydrogens is 326 g/mol. The maximum atomic E-state index is 12.1. The fourth-order valence-corrected chi connectivity index (χ4v) is 2.21. The van der Waals surface area contributed by atoms with E-state index < -0.39 is 10.8 Å². The molecule has 1 amide bonds. The fraction of sp³-hybridized carbons (Fsp3) is 0.500. The van der Waals surface area contributed by atoms with Crippen LogP contribution < -0.4 is 20.5 Å². The Labute approximate surface area is 139 Å². The predicted octanol–water partition coefficient (Wildman–Crippen LogP) is 1.50. The molecule has 1 aromatic rings. The summed E-state index contributed by atoms with van der Waals surface area (Å²) in [6.45, 7) is 0.339. The van der Waals surface area contributed by atoms with Gasteiger partial charge in [-0.05, 0) is 24.8 Å². The van der Waals surface area contributed by atoms with E-state index >= 15 is 0 Å². The van der Waals surface area contributed by atoms with E-state index in [2.05, 4.69) is 5.32 Å². The number of carbonyl (C=O) groups is 1. The van der Waals surface area contributed by atoms with Crippen molar-refractivity contribution >= 4 is 24.0 Å². The molecule has 0 aliphatic heterocycles. The molecule has 1 aliphatic rings. The van der Waals surface area contributed by atoms with E-state index in [1.807, 2.05) is 0 Å². The van der Waals surface area contributed by atoms with Gasteiger partial charge in [-0.15, -0.1) is 12.4 Å². The summed E-state index contributed by atoms with van der Waals surface area (Å²) in [6.07, 6.45) is 2.16. The van der Waals surface area contributed by atoms with Gasteiger partial charge in [0, 0.05) is 18.7 Å². The number of hydrogen-bond donors (Lipinski definition) is 2. The highest BCUT2D eigenvalue weighted by Gasteiger charge is 2.29. The SMILES string of the molecule is COc1cc(C(=O)NCC(N)C2CC2)cc([N+](=O)[O-])c1OC.Cl. The quantitative estimate of drug-likeness (QED) is 0.571. The molecule has 0 radical (unpaired) electrons. The number of rotatable bonds is 7. The summed E-state index contributed by atoms with van der Waals surface area (Å²) in [5.74, 6) is 0.146. The topological polar surface area (TPSA) is 117 Å². The van der Waals surface area contributed by atoms with Crippen LogP contribution in [0.2, 0.25) is 0 Å². The first kappa shape index (κ1) is 19.0. The summed E-state index contributed by atoms with van der Waals surface area (Å²) in [7, 11) is 2.66. The molecule has 9 heteroatoms. The van der Waals surface area contributed by atoms with Crippen molar-refractivity contribution in [2.45, 2.75) is 18.9 Å². The second-order valence-corrected chi connectivity index (χ2v) is 5.20. The number of benzene rings is 1. The van der Waals surface area contributed by atoms with Gasteiger partial charge in [-0.1, -0.05) is 0 Å². The predicted molar refractivity (Wildman–Crippen MR) is 86.5 cm³/mol. The van der Waals surface area contributed by atoms with Crippen molar-refractivity contribution in [3.8, 4) is 11.5 Å². The van der Waals surface area contributed by atoms with Crippen LogP contribution in [-0.4, -0.2) is 37.6 Å². The van der Waals surface area contributed by atoms with E-state index in [1.54, 1.807) is 0 Å². The molecule has 128 valence electrons. The van der Waals surface area contributed by atoms with Crippen LogP contribution in [-0.2, 0) is 0 Å². The van der Waals surface area contributed by atoms with E-state index in [0.717, 1.165) is 12.8 Å². The molecule has 0 spiro atoms. The smallest absolute Gasteiger partial charge is 0.315 e. The van der Waals surface area contributed by atoms with Crippen molar-refractivity contribution in [3.63, 3.8) is 0 Å². The minimum atomic E-state index is -0.617. The van der Waals surface area contributed by atoms with Crippen LogP contribution in [0, 0.1) is 16.0 Å². The van der Waals surface area contributed by atoms with Crippen molar-refractivity contribution in [1.82, 2.24) is 5.32 Å². The van der Waals surface area contributed by atoms with E-state index in [0.29, 0.717) is 12.5 Å². The third-order valence-electron chi connectivity index (χ3n) is 3.64. The average molecular weight is 346 g/mol. The van der Waals surface area contributed by atoms with Gasteiger partial charge in [0.05, 0.1) is 24.7 Å². The Morgan fingerprint density at radius 3 is 2.57 bits per heavy atom.